The molecule has 0 unspecified atom stereocenters. The second-order valence-electron chi connectivity index (χ2n) is 5.35. The van der Waals surface area contributed by atoms with Gasteiger partial charge in [0.25, 0.3) is 0 Å². The van der Waals surface area contributed by atoms with E-state index in [1.165, 1.54) is 0 Å². The number of hydrogen-bond acceptors (Lipinski definition) is 3. The van der Waals surface area contributed by atoms with Crippen molar-refractivity contribution in [3.05, 3.63) is 60.2 Å². The van der Waals surface area contributed by atoms with Gasteiger partial charge in [0.1, 0.15) is 11.5 Å². The molecule has 1 aliphatic heterocycles. The van der Waals surface area contributed by atoms with Gasteiger partial charge in [-0.3, -0.25) is 4.79 Å². The van der Waals surface area contributed by atoms with Crippen molar-refractivity contribution < 1.29 is 9.53 Å². The maximum Gasteiger partial charge on any atom is 0.167 e. The second kappa shape index (κ2) is 6.55. The molecule has 2 aromatic rings. The third kappa shape index (κ3) is 3.50. The molecule has 3 rings (SSSR count). The van der Waals surface area contributed by atoms with E-state index in [2.05, 4.69) is 5.32 Å². The van der Waals surface area contributed by atoms with E-state index in [1.54, 1.807) is 0 Å². The Kier molecular flexibility index (Phi) is 4.31. The van der Waals surface area contributed by atoms with E-state index in [9.17, 15) is 4.79 Å². The molecule has 1 atom stereocenters. The highest BCUT2D eigenvalue weighted by Gasteiger charge is 2.21. The summed E-state index contributed by atoms with van der Waals surface area (Å²) in [5, 5.41) is 3.28. The van der Waals surface area contributed by atoms with Gasteiger partial charge in [-0.1, -0.05) is 18.2 Å². The summed E-state index contributed by atoms with van der Waals surface area (Å²) in [7, 11) is 0. The van der Waals surface area contributed by atoms with Crippen LogP contribution in [0.2, 0.25) is 0 Å². The number of ether oxygens (including phenoxy) is 1. The second-order valence-corrected chi connectivity index (χ2v) is 5.35. The van der Waals surface area contributed by atoms with Crippen LogP contribution in [0.1, 0.15) is 23.2 Å². The van der Waals surface area contributed by atoms with E-state index >= 15 is 0 Å². The molecule has 1 N–H and O–H groups in total. The van der Waals surface area contributed by atoms with Crippen molar-refractivity contribution in [3.8, 4) is 11.5 Å². The molecule has 0 aromatic heterocycles. The maximum absolute atomic E-state index is 12.4. The predicted molar refractivity (Wildman–Crippen MR) is 82.9 cm³/mol. The van der Waals surface area contributed by atoms with Crippen molar-refractivity contribution in [3.63, 3.8) is 0 Å². The van der Waals surface area contributed by atoms with E-state index in [0.717, 1.165) is 43.0 Å². The summed E-state index contributed by atoms with van der Waals surface area (Å²) in [5.41, 5.74) is 0.768. The lowest BCUT2D eigenvalue weighted by atomic mass is 9.91. The zero-order chi connectivity index (χ0) is 14.5. The molecule has 3 nitrogen and oxygen atoms in total. The molecular weight excluding hydrogens is 262 g/mol. The molecule has 0 bridgehead atoms. The minimum atomic E-state index is 0.111. The van der Waals surface area contributed by atoms with Crippen molar-refractivity contribution in [1.82, 2.24) is 5.32 Å². The van der Waals surface area contributed by atoms with Gasteiger partial charge in [0, 0.05) is 18.0 Å². The number of piperidine rings is 1. The molecule has 1 saturated heterocycles. The lowest BCUT2D eigenvalue weighted by Gasteiger charge is -2.21. The molecule has 21 heavy (non-hydrogen) atoms. The van der Waals surface area contributed by atoms with Gasteiger partial charge in [0.15, 0.2) is 5.78 Å². The number of ketones is 1. The number of benzene rings is 2. The minimum Gasteiger partial charge on any atom is -0.457 e. The van der Waals surface area contributed by atoms with E-state index in [0.29, 0.717) is 0 Å². The van der Waals surface area contributed by atoms with Crippen LogP contribution < -0.4 is 10.1 Å². The van der Waals surface area contributed by atoms with Crippen LogP contribution in [0.5, 0.6) is 11.5 Å². The Morgan fingerprint density at radius 1 is 1.00 bits per heavy atom. The molecular formula is C18H19NO2. The fraction of sp³-hybridized carbons (Fsp3) is 0.278. The predicted octanol–water partition coefficient (Wildman–Crippen LogP) is 3.66. The van der Waals surface area contributed by atoms with Gasteiger partial charge < -0.3 is 10.1 Å². The first-order valence-corrected chi connectivity index (χ1v) is 7.41. The van der Waals surface area contributed by atoms with Gasteiger partial charge >= 0.3 is 0 Å². The standard InChI is InChI=1S/C18H19NO2/c20-18(15-5-4-12-19-13-15)14-8-10-17(11-9-14)21-16-6-2-1-3-7-16/h1-3,6-11,15,19H,4-5,12-13H2/t15-/m1/s1. The van der Waals surface area contributed by atoms with Crippen LogP contribution in [-0.4, -0.2) is 18.9 Å². The van der Waals surface area contributed by atoms with Crippen molar-refractivity contribution in [1.29, 1.82) is 0 Å². The van der Waals surface area contributed by atoms with Gasteiger partial charge in [-0.2, -0.15) is 0 Å². The highest BCUT2D eigenvalue weighted by atomic mass is 16.5. The third-order valence-electron chi connectivity index (χ3n) is 3.79. The molecule has 0 amide bonds. The maximum atomic E-state index is 12.4. The number of carbonyl (C=O) groups is 1. The molecule has 2 aromatic carbocycles. The molecule has 1 aliphatic rings. The van der Waals surface area contributed by atoms with Crippen LogP contribution in [0.3, 0.4) is 0 Å². The molecule has 1 heterocycles. The topological polar surface area (TPSA) is 38.3 Å². The Balaban J connectivity index is 1.67. The molecule has 0 aliphatic carbocycles. The number of hydrogen-bond donors (Lipinski definition) is 1. The van der Waals surface area contributed by atoms with E-state index in [1.807, 2.05) is 54.6 Å². The zero-order valence-electron chi connectivity index (χ0n) is 11.9. The van der Waals surface area contributed by atoms with Gasteiger partial charge in [0.05, 0.1) is 0 Å². The number of nitrogens with one attached hydrogen (secondary N) is 1. The Morgan fingerprint density at radius 3 is 2.38 bits per heavy atom. The van der Waals surface area contributed by atoms with Crippen LogP contribution >= 0.6 is 0 Å². The Bertz CT molecular complexity index is 586. The summed E-state index contributed by atoms with van der Waals surface area (Å²) in [5.74, 6) is 1.89. The quantitative estimate of drug-likeness (QED) is 0.869. The van der Waals surface area contributed by atoms with E-state index in [-0.39, 0.29) is 11.7 Å². The third-order valence-corrected chi connectivity index (χ3v) is 3.79. The monoisotopic (exact) mass is 281 g/mol. The van der Waals surface area contributed by atoms with Gasteiger partial charge in [-0.25, -0.2) is 0 Å². The van der Waals surface area contributed by atoms with E-state index < -0.39 is 0 Å². The average Bonchev–Trinajstić information content (AvgIpc) is 2.57. The normalized spacial score (nSPS) is 18.2. The van der Waals surface area contributed by atoms with Gasteiger partial charge in [-0.15, -0.1) is 0 Å². The summed E-state index contributed by atoms with van der Waals surface area (Å²) >= 11 is 0. The Morgan fingerprint density at radius 2 is 1.71 bits per heavy atom. The Hall–Kier alpha value is -2.13. The molecule has 1 fully saturated rings. The van der Waals surface area contributed by atoms with E-state index in [4.69, 9.17) is 4.74 Å². The summed E-state index contributed by atoms with van der Waals surface area (Å²) in [6, 6.07) is 17.1. The smallest absolute Gasteiger partial charge is 0.167 e. The highest BCUT2D eigenvalue weighted by Crippen LogP contribution is 2.23. The van der Waals surface area contributed by atoms with Crippen LogP contribution in [-0.2, 0) is 0 Å². The zero-order valence-corrected chi connectivity index (χ0v) is 11.9. The van der Waals surface area contributed by atoms with Crippen molar-refractivity contribution in [2.24, 2.45) is 5.92 Å². The van der Waals surface area contributed by atoms with Gasteiger partial charge in [-0.05, 0) is 55.8 Å². The van der Waals surface area contributed by atoms with Gasteiger partial charge in [0.2, 0.25) is 0 Å². The summed E-state index contributed by atoms with van der Waals surface area (Å²) < 4.78 is 5.73. The summed E-state index contributed by atoms with van der Waals surface area (Å²) in [6.45, 7) is 1.81. The summed E-state index contributed by atoms with van der Waals surface area (Å²) in [4.78, 5) is 12.4. The van der Waals surface area contributed by atoms with Crippen LogP contribution in [0.25, 0.3) is 0 Å². The SMILES string of the molecule is O=C(c1ccc(Oc2ccccc2)cc1)[C@@H]1CCCNC1. The number of Topliss-reactive ketones (excluding diaryl/α,β-unsaturated/α-hetero) is 1. The number of para-hydroxylation sites is 1. The fourth-order valence-corrected chi connectivity index (χ4v) is 2.62. The van der Waals surface area contributed by atoms with Crippen molar-refractivity contribution >= 4 is 5.78 Å². The van der Waals surface area contributed by atoms with Crippen LogP contribution in [0.15, 0.2) is 54.6 Å². The first-order valence-electron chi connectivity index (χ1n) is 7.41. The molecule has 0 radical (unpaired) electrons. The number of rotatable bonds is 4. The largest absolute Gasteiger partial charge is 0.457 e. The van der Waals surface area contributed by atoms with Crippen molar-refractivity contribution in [2.45, 2.75) is 12.8 Å². The van der Waals surface area contributed by atoms with Crippen molar-refractivity contribution in [2.75, 3.05) is 13.1 Å². The van der Waals surface area contributed by atoms with Crippen LogP contribution in [0, 0.1) is 5.92 Å². The molecule has 108 valence electrons. The average molecular weight is 281 g/mol. The minimum absolute atomic E-state index is 0.111. The first-order chi connectivity index (χ1) is 10.3. The first kappa shape index (κ1) is 13.8. The lowest BCUT2D eigenvalue weighted by molar-refractivity contribution is 0.0899. The lowest BCUT2D eigenvalue weighted by Crippen LogP contribution is -2.34. The molecule has 0 spiro atoms. The highest BCUT2D eigenvalue weighted by molar-refractivity contribution is 5.98. The number of carbonyl (C=O) groups excluding carboxylic acids is 1. The fourth-order valence-electron chi connectivity index (χ4n) is 2.62. The van der Waals surface area contributed by atoms with Crippen LogP contribution in [0.4, 0.5) is 0 Å². The summed E-state index contributed by atoms with van der Waals surface area (Å²) in [6.07, 6.45) is 2.06. The Labute approximate surface area is 124 Å². The molecule has 3 heteroatoms. The molecule has 0 saturated carbocycles.